The normalized spacial score (nSPS) is 23.4. The summed E-state index contributed by atoms with van der Waals surface area (Å²) in [6.07, 6.45) is 7.09. The maximum Gasteiger partial charge on any atom is 0.239 e. The predicted octanol–water partition coefficient (Wildman–Crippen LogP) is 2.39. The molecule has 2 unspecified atom stereocenters. The van der Waals surface area contributed by atoms with Gasteiger partial charge in [0.25, 0.3) is 0 Å². The zero-order chi connectivity index (χ0) is 15.8. The molecule has 1 aliphatic heterocycles. The molecule has 2 atom stereocenters. The molecule has 2 aliphatic rings. The minimum absolute atomic E-state index is 0.116. The molecule has 2 aromatic rings. The summed E-state index contributed by atoms with van der Waals surface area (Å²) in [5, 5.41) is 4.43. The molecule has 1 aliphatic carbocycles. The molecule has 5 heteroatoms. The Morgan fingerprint density at radius 1 is 0.957 bits per heavy atom. The lowest BCUT2D eigenvalue weighted by Gasteiger charge is -2.14. The molecule has 1 saturated heterocycles. The Hall–Kier alpha value is -2.69. The first-order valence-corrected chi connectivity index (χ1v) is 7.84. The molecule has 0 bridgehead atoms. The molecule has 1 aromatic heterocycles. The van der Waals surface area contributed by atoms with Gasteiger partial charge in [-0.15, -0.1) is 0 Å². The minimum atomic E-state index is -0.216. The van der Waals surface area contributed by atoms with Gasteiger partial charge in [0.15, 0.2) is 5.82 Å². The lowest BCUT2D eigenvalue weighted by atomic mass is 9.85. The van der Waals surface area contributed by atoms with Crippen molar-refractivity contribution in [3.8, 4) is 0 Å². The highest BCUT2D eigenvalue weighted by Gasteiger charge is 2.48. The Kier molecular flexibility index (Phi) is 3.33. The van der Waals surface area contributed by atoms with Gasteiger partial charge in [-0.05, 0) is 18.4 Å². The van der Waals surface area contributed by atoms with Crippen LogP contribution in [-0.2, 0) is 16.1 Å². The van der Waals surface area contributed by atoms with E-state index < -0.39 is 0 Å². The van der Waals surface area contributed by atoms with E-state index in [4.69, 9.17) is 0 Å². The summed E-state index contributed by atoms with van der Waals surface area (Å²) in [5.74, 6) is -0.229. The number of benzene rings is 1. The van der Waals surface area contributed by atoms with Crippen molar-refractivity contribution < 1.29 is 9.59 Å². The molecular formula is C18H17N3O2. The van der Waals surface area contributed by atoms with Crippen molar-refractivity contribution in [3.05, 3.63) is 60.3 Å². The molecule has 116 valence electrons. The number of carbonyl (C=O) groups excluding carboxylic acids is 2. The van der Waals surface area contributed by atoms with Crippen molar-refractivity contribution in [1.29, 1.82) is 0 Å². The number of nitrogens with zero attached hydrogens (tertiary/aromatic N) is 3. The Morgan fingerprint density at radius 2 is 1.61 bits per heavy atom. The second-order valence-corrected chi connectivity index (χ2v) is 6.02. The van der Waals surface area contributed by atoms with Crippen molar-refractivity contribution in [2.75, 3.05) is 4.90 Å². The molecule has 0 radical (unpaired) electrons. The van der Waals surface area contributed by atoms with Crippen molar-refractivity contribution in [1.82, 2.24) is 9.78 Å². The standard InChI is InChI=1S/C18H17N3O2/c22-17-14-8-4-5-9-15(14)18(23)21(17)16-10-11-20(19-16)12-13-6-2-1-3-7-13/h1-7,10-11,14-15H,8-9,12H2. The van der Waals surface area contributed by atoms with E-state index in [-0.39, 0.29) is 23.7 Å². The Bertz CT molecular complexity index is 753. The van der Waals surface area contributed by atoms with Crippen molar-refractivity contribution in [3.63, 3.8) is 0 Å². The Balaban J connectivity index is 1.57. The van der Waals surface area contributed by atoms with E-state index in [0.717, 1.165) is 5.56 Å². The average molecular weight is 307 g/mol. The fraction of sp³-hybridized carbons (Fsp3) is 0.278. The number of imide groups is 1. The molecule has 2 amide bonds. The Labute approximate surface area is 134 Å². The van der Waals surface area contributed by atoms with Crippen molar-refractivity contribution >= 4 is 17.6 Å². The van der Waals surface area contributed by atoms with E-state index >= 15 is 0 Å². The topological polar surface area (TPSA) is 55.2 Å². The van der Waals surface area contributed by atoms with Gasteiger partial charge in [-0.25, -0.2) is 4.90 Å². The van der Waals surface area contributed by atoms with Gasteiger partial charge in [-0.1, -0.05) is 42.5 Å². The highest BCUT2D eigenvalue weighted by Crippen LogP contribution is 2.36. The Morgan fingerprint density at radius 3 is 2.26 bits per heavy atom. The second-order valence-electron chi connectivity index (χ2n) is 6.02. The van der Waals surface area contributed by atoms with Crippen LogP contribution in [0.3, 0.4) is 0 Å². The largest absolute Gasteiger partial charge is 0.274 e. The summed E-state index contributed by atoms with van der Waals surface area (Å²) < 4.78 is 1.76. The zero-order valence-corrected chi connectivity index (χ0v) is 12.6. The monoisotopic (exact) mass is 307 g/mol. The first-order chi connectivity index (χ1) is 11.2. The minimum Gasteiger partial charge on any atom is -0.274 e. The summed E-state index contributed by atoms with van der Waals surface area (Å²) in [5.41, 5.74) is 1.12. The molecular weight excluding hydrogens is 290 g/mol. The number of rotatable bonds is 3. The predicted molar refractivity (Wildman–Crippen MR) is 85.6 cm³/mol. The summed E-state index contributed by atoms with van der Waals surface area (Å²) >= 11 is 0. The molecule has 23 heavy (non-hydrogen) atoms. The third kappa shape index (κ3) is 2.38. The lowest BCUT2D eigenvalue weighted by Crippen LogP contribution is -2.31. The van der Waals surface area contributed by atoms with Gasteiger partial charge in [-0.3, -0.25) is 14.3 Å². The number of fused-ring (bicyclic) bond motifs is 1. The highest BCUT2D eigenvalue weighted by molar-refractivity contribution is 6.21. The van der Waals surface area contributed by atoms with Gasteiger partial charge in [0, 0.05) is 12.3 Å². The van der Waals surface area contributed by atoms with E-state index in [1.165, 1.54) is 4.90 Å². The molecule has 1 aromatic carbocycles. The zero-order valence-electron chi connectivity index (χ0n) is 12.6. The van der Waals surface area contributed by atoms with Crippen molar-refractivity contribution in [2.24, 2.45) is 11.8 Å². The maximum atomic E-state index is 12.5. The lowest BCUT2D eigenvalue weighted by molar-refractivity contribution is -0.122. The van der Waals surface area contributed by atoms with Crippen LogP contribution in [0.2, 0.25) is 0 Å². The van der Waals surface area contributed by atoms with Crippen LogP contribution in [0.5, 0.6) is 0 Å². The van der Waals surface area contributed by atoms with Gasteiger partial charge in [0.1, 0.15) is 0 Å². The van der Waals surface area contributed by atoms with Crippen LogP contribution >= 0.6 is 0 Å². The van der Waals surface area contributed by atoms with E-state index in [2.05, 4.69) is 5.10 Å². The fourth-order valence-corrected chi connectivity index (χ4v) is 3.35. The van der Waals surface area contributed by atoms with Gasteiger partial charge < -0.3 is 0 Å². The van der Waals surface area contributed by atoms with Crippen LogP contribution in [0.15, 0.2) is 54.7 Å². The smallest absolute Gasteiger partial charge is 0.239 e. The van der Waals surface area contributed by atoms with Gasteiger partial charge in [0.05, 0.1) is 18.4 Å². The molecule has 1 fully saturated rings. The number of allylic oxidation sites excluding steroid dienone is 2. The van der Waals surface area contributed by atoms with E-state index in [1.54, 1.807) is 10.7 Å². The summed E-state index contributed by atoms with van der Waals surface area (Å²) in [4.78, 5) is 26.3. The number of amides is 2. The second kappa shape index (κ2) is 5.50. The van der Waals surface area contributed by atoms with Crippen LogP contribution in [0.25, 0.3) is 0 Å². The van der Waals surface area contributed by atoms with Gasteiger partial charge in [-0.2, -0.15) is 5.10 Å². The number of hydrogen-bond acceptors (Lipinski definition) is 3. The molecule has 4 rings (SSSR count). The summed E-state index contributed by atoms with van der Waals surface area (Å²) in [7, 11) is 0. The average Bonchev–Trinajstić information content (AvgIpc) is 3.12. The quantitative estimate of drug-likeness (QED) is 0.646. The first kappa shape index (κ1) is 13.9. The van der Waals surface area contributed by atoms with E-state index in [0.29, 0.717) is 25.2 Å². The van der Waals surface area contributed by atoms with Crippen LogP contribution in [0.4, 0.5) is 5.82 Å². The molecule has 2 heterocycles. The summed E-state index contributed by atoms with van der Waals surface area (Å²) in [6.45, 7) is 0.617. The molecule has 0 spiro atoms. The van der Waals surface area contributed by atoms with E-state index in [1.807, 2.05) is 48.7 Å². The van der Waals surface area contributed by atoms with Gasteiger partial charge >= 0.3 is 0 Å². The van der Waals surface area contributed by atoms with Crippen molar-refractivity contribution in [2.45, 2.75) is 19.4 Å². The van der Waals surface area contributed by atoms with E-state index in [9.17, 15) is 9.59 Å². The van der Waals surface area contributed by atoms with Crippen LogP contribution in [-0.4, -0.2) is 21.6 Å². The molecule has 0 saturated carbocycles. The summed E-state index contributed by atoms with van der Waals surface area (Å²) in [6, 6.07) is 11.7. The van der Waals surface area contributed by atoms with Crippen LogP contribution in [0, 0.1) is 11.8 Å². The number of anilines is 1. The number of aromatic nitrogens is 2. The third-order valence-electron chi connectivity index (χ3n) is 4.55. The van der Waals surface area contributed by atoms with Crippen LogP contribution in [0.1, 0.15) is 18.4 Å². The molecule has 0 N–H and O–H groups in total. The van der Waals surface area contributed by atoms with Crippen LogP contribution < -0.4 is 4.90 Å². The molecule has 5 nitrogen and oxygen atoms in total. The maximum absolute atomic E-state index is 12.5. The number of hydrogen-bond donors (Lipinski definition) is 0. The first-order valence-electron chi connectivity index (χ1n) is 7.84. The highest BCUT2D eigenvalue weighted by atomic mass is 16.2. The van der Waals surface area contributed by atoms with Gasteiger partial charge in [0.2, 0.25) is 11.8 Å². The SMILES string of the molecule is O=C1C2CC=CCC2C(=O)N1c1ccn(Cc2ccccc2)n1. The third-order valence-corrected chi connectivity index (χ3v) is 4.55. The fourth-order valence-electron chi connectivity index (χ4n) is 3.35. The number of carbonyl (C=O) groups is 2.